The summed E-state index contributed by atoms with van der Waals surface area (Å²) in [4.78, 5) is 11.1. The van der Waals surface area contributed by atoms with Gasteiger partial charge < -0.3 is 19.9 Å². The van der Waals surface area contributed by atoms with Gasteiger partial charge in [0.2, 0.25) is 0 Å². The maximum Gasteiger partial charge on any atom is 0.323 e. The van der Waals surface area contributed by atoms with Gasteiger partial charge in [0.1, 0.15) is 5.54 Å². The predicted octanol–water partition coefficient (Wildman–Crippen LogP) is 2.05. The highest BCUT2D eigenvalue weighted by atomic mass is 16.5. The Bertz CT molecular complexity index is 268. The third-order valence-corrected chi connectivity index (χ3v) is 3.64. The number of rotatable bonds is 11. The fourth-order valence-electron chi connectivity index (χ4n) is 1.54. The molecule has 114 valence electrons. The SMILES string of the molecule is CNC(C)(CCCCOCCC(C)(C)OC)C(=O)O. The second-order valence-electron chi connectivity index (χ2n) is 5.67. The minimum atomic E-state index is -0.835. The van der Waals surface area contributed by atoms with E-state index in [2.05, 4.69) is 5.32 Å². The Balaban J connectivity index is 3.64. The molecule has 0 saturated heterocycles. The molecule has 0 aromatic heterocycles. The van der Waals surface area contributed by atoms with Gasteiger partial charge in [-0.3, -0.25) is 4.79 Å². The summed E-state index contributed by atoms with van der Waals surface area (Å²) in [6.07, 6.45) is 3.16. The molecule has 0 amide bonds. The van der Waals surface area contributed by atoms with E-state index in [-0.39, 0.29) is 5.60 Å². The van der Waals surface area contributed by atoms with Crippen LogP contribution >= 0.6 is 0 Å². The Hall–Kier alpha value is -0.650. The maximum atomic E-state index is 11.1. The van der Waals surface area contributed by atoms with Crippen LogP contribution in [-0.2, 0) is 14.3 Å². The van der Waals surface area contributed by atoms with Crippen molar-refractivity contribution in [3.05, 3.63) is 0 Å². The van der Waals surface area contributed by atoms with Gasteiger partial charge in [-0.15, -0.1) is 0 Å². The molecule has 0 heterocycles. The highest BCUT2D eigenvalue weighted by Crippen LogP contribution is 2.15. The Kier molecular flexibility index (Phi) is 8.22. The van der Waals surface area contributed by atoms with Crippen molar-refractivity contribution in [1.29, 1.82) is 0 Å². The van der Waals surface area contributed by atoms with Crippen molar-refractivity contribution in [2.24, 2.45) is 0 Å². The fourth-order valence-corrected chi connectivity index (χ4v) is 1.54. The molecule has 0 saturated carbocycles. The molecular weight excluding hydrogens is 246 g/mol. The molecule has 0 spiro atoms. The van der Waals surface area contributed by atoms with E-state index < -0.39 is 11.5 Å². The number of methoxy groups -OCH3 is 1. The largest absolute Gasteiger partial charge is 0.480 e. The Morgan fingerprint density at radius 2 is 1.79 bits per heavy atom. The van der Waals surface area contributed by atoms with Gasteiger partial charge in [-0.1, -0.05) is 0 Å². The van der Waals surface area contributed by atoms with Crippen molar-refractivity contribution in [2.45, 2.75) is 57.6 Å². The first-order chi connectivity index (χ1) is 8.77. The summed E-state index contributed by atoms with van der Waals surface area (Å²) >= 11 is 0. The van der Waals surface area contributed by atoms with E-state index in [9.17, 15) is 4.79 Å². The predicted molar refractivity (Wildman–Crippen MR) is 75.5 cm³/mol. The standard InChI is InChI=1S/C14H29NO4/c1-13(2,18-5)9-11-19-10-7-6-8-14(3,15-4)12(16)17/h15H,6-11H2,1-5H3,(H,16,17). The normalized spacial score (nSPS) is 15.2. The number of hydrogen-bond acceptors (Lipinski definition) is 4. The topological polar surface area (TPSA) is 67.8 Å². The van der Waals surface area contributed by atoms with Crippen molar-refractivity contribution in [3.63, 3.8) is 0 Å². The van der Waals surface area contributed by atoms with E-state index in [1.54, 1.807) is 21.1 Å². The van der Waals surface area contributed by atoms with Gasteiger partial charge in [0.05, 0.1) is 5.60 Å². The van der Waals surface area contributed by atoms with Crippen LogP contribution in [0.2, 0.25) is 0 Å². The lowest BCUT2D eigenvalue weighted by Gasteiger charge is -2.24. The monoisotopic (exact) mass is 275 g/mol. The number of carbonyl (C=O) groups is 1. The number of carboxylic acid groups (broad SMARTS) is 1. The molecule has 0 aliphatic heterocycles. The molecule has 19 heavy (non-hydrogen) atoms. The highest BCUT2D eigenvalue weighted by Gasteiger charge is 2.29. The van der Waals surface area contributed by atoms with E-state index in [0.29, 0.717) is 19.6 Å². The first-order valence-corrected chi connectivity index (χ1v) is 6.82. The zero-order chi connectivity index (χ0) is 14.9. The number of likely N-dealkylation sites (N-methyl/N-ethyl adjacent to an activating group) is 1. The van der Waals surface area contributed by atoms with Crippen LogP contribution < -0.4 is 5.32 Å². The van der Waals surface area contributed by atoms with Gasteiger partial charge in [-0.2, -0.15) is 0 Å². The number of aliphatic carboxylic acids is 1. The van der Waals surface area contributed by atoms with Crippen LogP contribution in [0, 0.1) is 0 Å². The van der Waals surface area contributed by atoms with Crippen molar-refractivity contribution < 1.29 is 19.4 Å². The molecule has 0 aromatic carbocycles. The molecule has 0 aliphatic carbocycles. The first kappa shape index (κ1) is 18.4. The summed E-state index contributed by atoms with van der Waals surface area (Å²) < 4.78 is 10.8. The van der Waals surface area contributed by atoms with E-state index in [0.717, 1.165) is 19.3 Å². The number of ether oxygens (including phenoxy) is 2. The van der Waals surface area contributed by atoms with Gasteiger partial charge in [-0.25, -0.2) is 0 Å². The van der Waals surface area contributed by atoms with Crippen LogP contribution in [0.5, 0.6) is 0 Å². The minimum Gasteiger partial charge on any atom is -0.480 e. The number of nitrogens with one attached hydrogen (secondary N) is 1. The van der Waals surface area contributed by atoms with Crippen molar-refractivity contribution >= 4 is 5.97 Å². The zero-order valence-corrected chi connectivity index (χ0v) is 12.9. The van der Waals surface area contributed by atoms with Gasteiger partial charge in [0.15, 0.2) is 0 Å². The Morgan fingerprint density at radius 3 is 2.26 bits per heavy atom. The lowest BCUT2D eigenvalue weighted by molar-refractivity contribution is -0.144. The van der Waals surface area contributed by atoms with Crippen LogP contribution in [0.4, 0.5) is 0 Å². The van der Waals surface area contributed by atoms with E-state index in [1.807, 2.05) is 13.8 Å². The van der Waals surface area contributed by atoms with Crippen molar-refractivity contribution in [2.75, 3.05) is 27.4 Å². The average Bonchev–Trinajstić information content (AvgIpc) is 2.37. The third kappa shape index (κ3) is 7.50. The molecule has 1 unspecified atom stereocenters. The van der Waals surface area contributed by atoms with E-state index >= 15 is 0 Å². The number of unbranched alkanes of at least 4 members (excludes halogenated alkanes) is 1. The van der Waals surface area contributed by atoms with Gasteiger partial charge in [-0.05, 0) is 53.5 Å². The molecule has 0 fully saturated rings. The van der Waals surface area contributed by atoms with Crippen molar-refractivity contribution in [3.8, 4) is 0 Å². The van der Waals surface area contributed by atoms with Crippen LogP contribution in [0.1, 0.15) is 46.5 Å². The number of hydrogen-bond donors (Lipinski definition) is 2. The quantitative estimate of drug-likeness (QED) is 0.565. The van der Waals surface area contributed by atoms with E-state index in [1.165, 1.54) is 0 Å². The lowest BCUT2D eigenvalue weighted by atomic mass is 9.95. The van der Waals surface area contributed by atoms with Crippen LogP contribution in [0.15, 0.2) is 0 Å². The maximum absolute atomic E-state index is 11.1. The van der Waals surface area contributed by atoms with Crippen LogP contribution in [0.3, 0.4) is 0 Å². The highest BCUT2D eigenvalue weighted by molar-refractivity contribution is 5.78. The Morgan fingerprint density at radius 1 is 1.16 bits per heavy atom. The fraction of sp³-hybridized carbons (Fsp3) is 0.929. The molecule has 0 rings (SSSR count). The summed E-state index contributed by atoms with van der Waals surface area (Å²) in [5.41, 5.74) is -0.980. The first-order valence-electron chi connectivity index (χ1n) is 6.82. The molecule has 0 radical (unpaired) electrons. The average molecular weight is 275 g/mol. The van der Waals surface area contributed by atoms with Gasteiger partial charge in [0, 0.05) is 20.3 Å². The number of carboxylic acids is 1. The van der Waals surface area contributed by atoms with Crippen molar-refractivity contribution in [1.82, 2.24) is 5.32 Å². The Labute approximate surface area is 116 Å². The minimum absolute atomic E-state index is 0.145. The molecule has 1 atom stereocenters. The molecule has 5 nitrogen and oxygen atoms in total. The molecule has 0 bridgehead atoms. The third-order valence-electron chi connectivity index (χ3n) is 3.64. The summed E-state index contributed by atoms with van der Waals surface area (Å²) in [5.74, 6) is -0.808. The lowest BCUT2D eigenvalue weighted by Crippen LogP contribution is -2.47. The molecular formula is C14H29NO4. The smallest absolute Gasteiger partial charge is 0.323 e. The van der Waals surface area contributed by atoms with Gasteiger partial charge in [0.25, 0.3) is 0 Å². The summed E-state index contributed by atoms with van der Waals surface area (Å²) in [7, 11) is 3.38. The summed E-state index contributed by atoms with van der Waals surface area (Å²) in [6, 6.07) is 0. The molecule has 0 aromatic rings. The van der Waals surface area contributed by atoms with Crippen LogP contribution in [0.25, 0.3) is 0 Å². The molecule has 0 aliphatic rings. The van der Waals surface area contributed by atoms with Crippen LogP contribution in [-0.4, -0.2) is 49.6 Å². The zero-order valence-electron chi connectivity index (χ0n) is 12.9. The van der Waals surface area contributed by atoms with E-state index in [4.69, 9.17) is 14.6 Å². The molecule has 2 N–H and O–H groups in total. The summed E-state index contributed by atoms with van der Waals surface area (Å²) in [6.45, 7) is 7.10. The van der Waals surface area contributed by atoms with Gasteiger partial charge >= 0.3 is 5.97 Å². The summed E-state index contributed by atoms with van der Waals surface area (Å²) in [5, 5.41) is 11.9. The molecule has 5 heteroatoms. The second kappa shape index (κ2) is 8.51. The second-order valence-corrected chi connectivity index (χ2v) is 5.67.